The molecule has 0 radical (unpaired) electrons. The molecule has 200 valence electrons. The Morgan fingerprint density at radius 3 is 2.62 bits per heavy atom. The largest absolute Gasteiger partial charge is 0.444 e. The van der Waals surface area contributed by atoms with Gasteiger partial charge in [0.25, 0.3) is 0 Å². The standard InChI is InChI=1S/C26H32ClN3O5S2/c1-26(2,3)35-25(32)29-13-5-6-18-16-20(8-7-19(18)17-29)30-14-11-22(24(30)31)28(4)37(33,34)15-12-21-9-10-23(27)36-21/h7-10,12,15-16,22H,5-6,11,13-14,17H2,1-4H3/b15-12+/t22-/m0/s1. The van der Waals surface area contributed by atoms with Crippen LogP contribution in [0.15, 0.2) is 35.7 Å². The van der Waals surface area contributed by atoms with Gasteiger partial charge in [-0.15, -0.1) is 11.3 Å². The summed E-state index contributed by atoms with van der Waals surface area (Å²) in [5, 5.41) is 1.11. The zero-order chi connectivity index (χ0) is 27.0. The number of sulfonamides is 1. The minimum Gasteiger partial charge on any atom is -0.444 e. The predicted molar refractivity (Wildman–Crippen MR) is 147 cm³/mol. The molecule has 0 saturated carbocycles. The molecule has 1 aromatic carbocycles. The number of anilines is 1. The molecule has 37 heavy (non-hydrogen) atoms. The lowest BCUT2D eigenvalue weighted by Gasteiger charge is -2.26. The van der Waals surface area contributed by atoms with Gasteiger partial charge in [0, 0.05) is 42.7 Å². The van der Waals surface area contributed by atoms with Crippen LogP contribution in [0.1, 0.15) is 49.6 Å². The number of hydrogen-bond donors (Lipinski definition) is 0. The SMILES string of the molecule is CN([C@H]1CCN(c2ccc3c(c2)CCCN(C(=O)OC(C)(C)C)C3)C1=O)S(=O)(=O)/C=C/c1ccc(Cl)s1. The maximum atomic E-state index is 13.3. The Labute approximate surface area is 227 Å². The molecule has 1 atom stereocenters. The fourth-order valence-electron chi connectivity index (χ4n) is 4.50. The molecule has 2 aromatic rings. The summed E-state index contributed by atoms with van der Waals surface area (Å²) in [7, 11) is -2.36. The van der Waals surface area contributed by atoms with Gasteiger partial charge >= 0.3 is 6.09 Å². The van der Waals surface area contributed by atoms with Gasteiger partial charge in [0.2, 0.25) is 15.9 Å². The minimum atomic E-state index is -3.80. The Kier molecular flexibility index (Phi) is 8.04. The highest BCUT2D eigenvalue weighted by Crippen LogP contribution is 2.30. The van der Waals surface area contributed by atoms with E-state index in [4.69, 9.17) is 16.3 Å². The molecule has 1 fully saturated rings. The summed E-state index contributed by atoms with van der Waals surface area (Å²) in [6, 6.07) is 8.48. The van der Waals surface area contributed by atoms with Gasteiger partial charge in [0.1, 0.15) is 11.6 Å². The molecule has 0 N–H and O–H groups in total. The van der Waals surface area contributed by atoms with Gasteiger partial charge in [-0.05, 0) is 81.5 Å². The molecular formula is C26H32ClN3O5S2. The van der Waals surface area contributed by atoms with Crippen LogP contribution in [0.3, 0.4) is 0 Å². The highest BCUT2D eigenvalue weighted by molar-refractivity contribution is 7.92. The average molecular weight is 566 g/mol. The Bertz CT molecular complexity index is 1320. The van der Waals surface area contributed by atoms with Crippen molar-refractivity contribution >= 4 is 56.7 Å². The average Bonchev–Trinajstić information content (AvgIpc) is 3.33. The number of ether oxygens (including phenoxy) is 1. The van der Waals surface area contributed by atoms with Gasteiger partial charge in [0.15, 0.2) is 0 Å². The van der Waals surface area contributed by atoms with Crippen LogP contribution in [-0.4, -0.2) is 61.4 Å². The molecule has 11 heteroatoms. The summed E-state index contributed by atoms with van der Waals surface area (Å²) in [5.74, 6) is -0.248. The highest BCUT2D eigenvalue weighted by atomic mass is 35.5. The molecule has 2 aliphatic heterocycles. The van der Waals surface area contributed by atoms with Crippen LogP contribution >= 0.6 is 22.9 Å². The van der Waals surface area contributed by atoms with Crippen LogP contribution in [0.25, 0.3) is 6.08 Å². The maximum absolute atomic E-state index is 13.3. The predicted octanol–water partition coefficient (Wildman–Crippen LogP) is 5.12. The Morgan fingerprint density at radius 1 is 1.19 bits per heavy atom. The summed E-state index contributed by atoms with van der Waals surface area (Å²) in [6.07, 6.45) is 3.13. The van der Waals surface area contributed by atoms with Crippen LogP contribution in [0, 0.1) is 0 Å². The monoisotopic (exact) mass is 565 g/mol. The zero-order valence-corrected chi connectivity index (χ0v) is 23.8. The molecule has 1 aromatic heterocycles. The molecule has 0 aliphatic carbocycles. The second-order valence-electron chi connectivity index (χ2n) is 10.3. The van der Waals surface area contributed by atoms with E-state index in [9.17, 15) is 18.0 Å². The normalized spacial score (nSPS) is 19.0. The first kappa shape index (κ1) is 27.6. The molecular weight excluding hydrogens is 534 g/mol. The van der Waals surface area contributed by atoms with Crippen molar-refractivity contribution in [2.75, 3.05) is 25.0 Å². The number of nitrogens with zero attached hydrogens (tertiary/aromatic N) is 3. The molecule has 2 aliphatic rings. The van der Waals surface area contributed by atoms with Crippen molar-refractivity contribution in [2.24, 2.45) is 0 Å². The first-order valence-corrected chi connectivity index (χ1v) is 14.9. The molecule has 4 rings (SSSR count). The third-order valence-electron chi connectivity index (χ3n) is 6.40. The van der Waals surface area contributed by atoms with E-state index in [2.05, 4.69) is 0 Å². The van der Waals surface area contributed by atoms with Crippen molar-refractivity contribution in [3.63, 3.8) is 0 Å². The van der Waals surface area contributed by atoms with Crippen molar-refractivity contribution in [3.8, 4) is 0 Å². The van der Waals surface area contributed by atoms with E-state index in [-0.39, 0.29) is 12.0 Å². The van der Waals surface area contributed by atoms with E-state index in [1.165, 1.54) is 24.5 Å². The summed E-state index contributed by atoms with van der Waals surface area (Å²) in [4.78, 5) is 30.0. The Balaban J connectivity index is 1.46. The zero-order valence-electron chi connectivity index (χ0n) is 21.4. The first-order chi connectivity index (χ1) is 17.3. The number of halogens is 1. The van der Waals surface area contributed by atoms with E-state index in [0.717, 1.165) is 44.2 Å². The number of hydrogen-bond acceptors (Lipinski definition) is 6. The van der Waals surface area contributed by atoms with Crippen LogP contribution in [0.5, 0.6) is 0 Å². The lowest BCUT2D eigenvalue weighted by atomic mass is 10.0. The van der Waals surface area contributed by atoms with Gasteiger partial charge in [-0.25, -0.2) is 13.2 Å². The number of likely N-dealkylation sites (N-methyl/N-ethyl adjacent to an activating group) is 1. The number of rotatable bonds is 5. The number of benzene rings is 1. The van der Waals surface area contributed by atoms with Crippen LogP contribution in [0.4, 0.5) is 10.5 Å². The summed E-state index contributed by atoms with van der Waals surface area (Å²) >= 11 is 7.20. The van der Waals surface area contributed by atoms with Crippen molar-refractivity contribution in [2.45, 2.75) is 58.2 Å². The molecule has 1 saturated heterocycles. The fourth-order valence-corrected chi connectivity index (χ4v) is 6.61. The van der Waals surface area contributed by atoms with Crippen LogP contribution in [-0.2, 0) is 32.5 Å². The second-order valence-corrected chi connectivity index (χ2v) is 13.9. The van der Waals surface area contributed by atoms with Gasteiger partial charge in [-0.2, -0.15) is 4.31 Å². The molecule has 8 nitrogen and oxygen atoms in total. The number of amides is 2. The van der Waals surface area contributed by atoms with E-state index in [1.54, 1.807) is 21.9 Å². The van der Waals surface area contributed by atoms with Crippen molar-refractivity contribution < 1.29 is 22.7 Å². The summed E-state index contributed by atoms with van der Waals surface area (Å²) in [5.41, 5.74) is 2.29. The third-order valence-corrected chi connectivity index (χ3v) is 9.14. The lowest BCUT2D eigenvalue weighted by molar-refractivity contribution is -0.120. The van der Waals surface area contributed by atoms with E-state index < -0.39 is 21.7 Å². The number of thiophene rings is 1. The summed E-state index contributed by atoms with van der Waals surface area (Å²) < 4.78 is 33.0. The van der Waals surface area contributed by atoms with Crippen molar-refractivity contribution in [1.82, 2.24) is 9.21 Å². The van der Waals surface area contributed by atoms with E-state index in [0.29, 0.717) is 30.4 Å². The smallest absolute Gasteiger partial charge is 0.410 e. The van der Waals surface area contributed by atoms with E-state index >= 15 is 0 Å². The first-order valence-electron chi connectivity index (χ1n) is 12.2. The van der Waals surface area contributed by atoms with Crippen LogP contribution < -0.4 is 4.90 Å². The highest BCUT2D eigenvalue weighted by Gasteiger charge is 2.39. The molecule has 3 heterocycles. The van der Waals surface area contributed by atoms with Crippen LogP contribution in [0.2, 0.25) is 4.34 Å². The number of carbonyl (C=O) groups excluding carboxylic acids is 2. The molecule has 2 amide bonds. The second kappa shape index (κ2) is 10.8. The van der Waals surface area contributed by atoms with Gasteiger partial charge in [0.05, 0.1) is 4.34 Å². The number of aryl methyl sites for hydroxylation is 1. The van der Waals surface area contributed by atoms with Crippen molar-refractivity contribution in [3.05, 3.63) is 56.1 Å². The van der Waals surface area contributed by atoms with Gasteiger partial charge < -0.3 is 14.5 Å². The maximum Gasteiger partial charge on any atom is 0.410 e. The molecule has 0 spiro atoms. The number of carbonyl (C=O) groups is 2. The Hall–Kier alpha value is -2.40. The number of fused-ring (bicyclic) bond motifs is 1. The quantitative estimate of drug-likeness (QED) is 0.502. The Morgan fingerprint density at radius 2 is 1.95 bits per heavy atom. The van der Waals surface area contributed by atoms with Crippen molar-refractivity contribution in [1.29, 1.82) is 0 Å². The fraction of sp³-hybridized carbons (Fsp3) is 0.462. The van der Waals surface area contributed by atoms with E-state index in [1.807, 2.05) is 39.0 Å². The summed E-state index contributed by atoms with van der Waals surface area (Å²) in [6.45, 7) is 7.02. The topological polar surface area (TPSA) is 87.2 Å². The molecule has 0 unspecified atom stereocenters. The molecule has 0 bridgehead atoms. The third kappa shape index (κ3) is 6.54. The van der Waals surface area contributed by atoms with Gasteiger partial charge in [-0.3, -0.25) is 4.79 Å². The minimum absolute atomic E-state index is 0.248. The van der Waals surface area contributed by atoms with Gasteiger partial charge in [-0.1, -0.05) is 17.7 Å². The lowest BCUT2D eigenvalue weighted by Crippen LogP contribution is -2.42.